The predicted octanol–water partition coefficient (Wildman–Crippen LogP) is 4.48. The summed E-state index contributed by atoms with van der Waals surface area (Å²) >= 11 is 0. The van der Waals surface area contributed by atoms with E-state index in [0.29, 0.717) is 5.92 Å². The highest BCUT2D eigenvalue weighted by atomic mass is 16.5. The topological polar surface area (TPSA) is 38.3 Å². The highest BCUT2D eigenvalue weighted by Gasteiger charge is 2.42. The Morgan fingerprint density at radius 2 is 1.52 bits per heavy atom. The van der Waals surface area contributed by atoms with Gasteiger partial charge in [0.1, 0.15) is 12.0 Å². The molecule has 0 amide bonds. The molecule has 25 heavy (non-hydrogen) atoms. The second-order valence-corrected chi connectivity index (χ2v) is 7.39. The summed E-state index contributed by atoms with van der Waals surface area (Å²) in [7, 11) is 1.68. The molecule has 0 unspecified atom stereocenters. The Kier molecular flexibility index (Phi) is 5.24. The van der Waals surface area contributed by atoms with Crippen molar-refractivity contribution in [2.24, 2.45) is 5.41 Å². The molecule has 1 aliphatic rings. The fourth-order valence-corrected chi connectivity index (χ4v) is 3.10. The van der Waals surface area contributed by atoms with Gasteiger partial charge < -0.3 is 14.8 Å². The van der Waals surface area contributed by atoms with Crippen LogP contribution in [0.1, 0.15) is 55.3 Å². The molecule has 0 radical (unpaired) electrons. The SMILES string of the molecule is COc1ccc([C@H](NCC2(C=O)CC2)c2ccc(C(C)C)cc2)cc1. The second kappa shape index (κ2) is 7.40. The molecule has 2 aromatic carbocycles. The Morgan fingerprint density at radius 1 is 1.00 bits per heavy atom. The molecule has 0 bridgehead atoms. The van der Waals surface area contributed by atoms with Crippen molar-refractivity contribution >= 4 is 6.29 Å². The maximum Gasteiger partial charge on any atom is 0.127 e. The molecule has 1 aliphatic carbocycles. The predicted molar refractivity (Wildman–Crippen MR) is 101 cm³/mol. The van der Waals surface area contributed by atoms with Crippen LogP contribution in [-0.4, -0.2) is 19.9 Å². The summed E-state index contributed by atoms with van der Waals surface area (Å²) in [6, 6.07) is 17.0. The molecule has 132 valence electrons. The molecule has 1 fully saturated rings. The van der Waals surface area contributed by atoms with E-state index in [1.807, 2.05) is 12.1 Å². The van der Waals surface area contributed by atoms with Gasteiger partial charge in [-0.25, -0.2) is 0 Å². The first kappa shape index (κ1) is 17.7. The van der Waals surface area contributed by atoms with Gasteiger partial charge in [0, 0.05) is 12.0 Å². The van der Waals surface area contributed by atoms with E-state index < -0.39 is 0 Å². The van der Waals surface area contributed by atoms with E-state index in [4.69, 9.17) is 4.74 Å². The van der Waals surface area contributed by atoms with Crippen LogP contribution in [0.15, 0.2) is 48.5 Å². The molecule has 3 heteroatoms. The minimum atomic E-state index is -0.150. The summed E-state index contributed by atoms with van der Waals surface area (Å²) in [4.78, 5) is 11.3. The van der Waals surface area contributed by atoms with Gasteiger partial charge in [0.2, 0.25) is 0 Å². The van der Waals surface area contributed by atoms with Crippen LogP contribution in [0.4, 0.5) is 0 Å². The molecule has 0 aliphatic heterocycles. The van der Waals surface area contributed by atoms with Gasteiger partial charge in [-0.2, -0.15) is 0 Å². The van der Waals surface area contributed by atoms with Crippen molar-refractivity contribution in [2.75, 3.05) is 13.7 Å². The monoisotopic (exact) mass is 337 g/mol. The summed E-state index contributed by atoms with van der Waals surface area (Å²) < 4.78 is 5.27. The third kappa shape index (κ3) is 4.10. The Hall–Kier alpha value is -2.13. The zero-order valence-corrected chi connectivity index (χ0v) is 15.3. The lowest BCUT2D eigenvalue weighted by atomic mass is 9.94. The Bertz CT molecular complexity index is 700. The van der Waals surface area contributed by atoms with Crippen LogP contribution in [-0.2, 0) is 4.79 Å². The maximum atomic E-state index is 11.3. The van der Waals surface area contributed by atoms with Gasteiger partial charge in [-0.05, 0) is 47.6 Å². The van der Waals surface area contributed by atoms with Crippen LogP contribution in [0.3, 0.4) is 0 Å². The van der Waals surface area contributed by atoms with Crippen LogP contribution < -0.4 is 10.1 Å². The highest BCUT2D eigenvalue weighted by Crippen LogP contribution is 2.43. The van der Waals surface area contributed by atoms with Crippen molar-refractivity contribution in [3.8, 4) is 5.75 Å². The van der Waals surface area contributed by atoms with E-state index in [2.05, 4.69) is 55.6 Å². The molecule has 0 saturated heterocycles. The number of hydrogen-bond donors (Lipinski definition) is 1. The first-order valence-electron chi connectivity index (χ1n) is 9.00. The van der Waals surface area contributed by atoms with E-state index >= 15 is 0 Å². The van der Waals surface area contributed by atoms with Gasteiger partial charge in [-0.1, -0.05) is 50.2 Å². The van der Waals surface area contributed by atoms with Crippen LogP contribution in [0.5, 0.6) is 5.75 Å². The number of carbonyl (C=O) groups excluding carboxylic acids is 1. The van der Waals surface area contributed by atoms with E-state index in [1.165, 1.54) is 16.7 Å². The molecule has 1 saturated carbocycles. The fraction of sp³-hybridized carbons (Fsp3) is 0.409. The molecule has 1 N–H and O–H groups in total. The lowest BCUT2D eigenvalue weighted by Gasteiger charge is -2.22. The fourth-order valence-electron chi connectivity index (χ4n) is 3.10. The van der Waals surface area contributed by atoms with Crippen LogP contribution in [0.25, 0.3) is 0 Å². The number of benzene rings is 2. The van der Waals surface area contributed by atoms with Gasteiger partial charge in [-0.15, -0.1) is 0 Å². The van der Waals surface area contributed by atoms with Crippen molar-refractivity contribution in [3.63, 3.8) is 0 Å². The number of hydrogen-bond acceptors (Lipinski definition) is 3. The molecule has 0 heterocycles. The van der Waals surface area contributed by atoms with Crippen molar-refractivity contribution in [1.29, 1.82) is 0 Å². The maximum absolute atomic E-state index is 11.3. The largest absolute Gasteiger partial charge is 0.497 e. The summed E-state index contributed by atoms with van der Waals surface area (Å²) in [5.41, 5.74) is 3.59. The van der Waals surface area contributed by atoms with Gasteiger partial charge >= 0.3 is 0 Å². The zero-order valence-electron chi connectivity index (χ0n) is 15.3. The molecular formula is C22H27NO2. The quantitative estimate of drug-likeness (QED) is 0.722. The van der Waals surface area contributed by atoms with Crippen molar-refractivity contribution in [1.82, 2.24) is 5.32 Å². The number of carbonyl (C=O) groups is 1. The minimum Gasteiger partial charge on any atom is -0.497 e. The summed E-state index contributed by atoms with van der Waals surface area (Å²) in [6.45, 7) is 5.13. The second-order valence-electron chi connectivity index (χ2n) is 7.39. The van der Waals surface area contributed by atoms with Crippen LogP contribution >= 0.6 is 0 Å². The van der Waals surface area contributed by atoms with Crippen LogP contribution in [0.2, 0.25) is 0 Å². The minimum absolute atomic E-state index is 0.0737. The van der Waals surface area contributed by atoms with E-state index in [-0.39, 0.29) is 11.5 Å². The Balaban J connectivity index is 1.85. The molecule has 3 rings (SSSR count). The average Bonchev–Trinajstić information content (AvgIpc) is 3.43. The third-order valence-electron chi connectivity index (χ3n) is 5.19. The molecular weight excluding hydrogens is 310 g/mol. The van der Waals surface area contributed by atoms with Crippen molar-refractivity contribution in [2.45, 2.75) is 38.6 Å². The molecule has 2 aromatic rings. The zero-order chi connectivity index (χ0) is 17.9. The van der Waals surface area contributed by atoms with Gasteiger partial charge in [-0.3, -0.25) is 0 Å². The molecule has 1 atom stereocenters. The highest BCUT2D eigenvalue weighted by molar-refractivity contribution is 5.63. The first-order valence-corrected chi connectivity index (χ1v) is 9.00. The number of rotatable bonds is 8. The lowest BCUT2D eigenvalue weighted by molar-refractivity contribution is -0.112. The molecule has 0 aromatic heterocycles. The van der Waals surface area contributed by atoms with Gasteiger partial charge in [0.15, 0.2) is 0 Å². The normalized spacial score (nSPS) is 16.5. The lowest BCUT2D eigenvalue weighted by Crippen LogP contribution is -2.29. The summed E-state index contributed by atoms with van der Waals surface area (Å²) in [5.74, 6) is 1.37. The van der Waals surface area contributed by atoms with Crippen LogP contribution in [0, 0.1) is 5.41 Å². The van der Waals surface area contributed by atoms with E-state index in [1.54, 1.807) is 7.11 Å². The third-order valence-corrected chi connectivity index (χ3v) is 5.19. The Labute approximate surface area is 150 Å². The van der Waals surface area contributed by atoms with Gasteiger partial charge in [0.05, 0.1) is 13.2 Å². The molecule has 0 spiro atoms. The van der Waals surface area contributed by atoms with Crippen molar-refractivity contribution in [3.05, 3.63) is 65.2 Å². The number of ether oxygens (including phenoxy) is 1. The number of aldehydes is 1. The summed E-state index contributed by atoms with van der Waals surface area (Å²) in [6.07, 6.45) is 3.10. The van der Waals surface area contributed by atoms with Gasteiger partial charge in [0.25, 0.3) is 0 Å². The first-order chi connectivity index (χ1) is 12.1. The standard InChI is InChI=1S/C22H27NO2/c1-16(2)17-4-6-18(7-5-17)21(23-14-22(15-24)12-13-22)19-8-10-20(25-3)11-9-19/h4-11,15-16,21,23H,12-14H2,1-3H3/t21-/m1/s1. The number of methoxy groups -OCH3 is 1. The Morgan fingerprint density at radius 3 is 1.96 bits per heavy atom. The number of nitrogens with one attached hydrogen (secondary N) is 1. The van der Waals surface area contributed by atoms with E-state index in [0.717, 1.165) is 31.4 Å². The van der Waals surface area contributed by atoms with E-state index in [9.17, 15) is 4.79 Å². The average molecular weight is 337 g/mol. The smallest absolute Gasteiger partial charge is 0.127 e. The molecule has 3 nitrogen and oxygen atoms in total. The van der Waals surface area contributed by atoms with Crippen molar-refractivity contribution < 1.29 is 9.53 Å². The summed E-state index contributed by atoms with van der Waals surface area (Å²) in [5, 5.41) is 3.62.